The molecule has 2 aliphatic rings. The van der Waals surface area contributed by atoms with Gasteiger partial charge in [0.05, 0.1) is 11.4 Å². The lowest BCUT2D eigenvalue weighted by Gasteiger charge is -2.36. The Kier molecular flexibility index (Phi) is 4.67. The average Bonchev–Trinajstić information content (AvgIpc) is 3.48. The number of rotatable bonds is 6. The van der Waals surface area contributed by atoms with Crippen molar-refractivity contribution in [2.45, 2.75) is 25.4 Å². The molecule has 2 fully saturated rings. The zero-order chi connectivity index (χ0) is 16.2. The predicted octanol–water partition coefficient (Wildman–Crippen LogP) is 3.31. The summed E-state index contributed by atoms with van der Waals surface area (Å²) in [4.78, 5) is 2.67. The number of benzene rings is 2. The molecule has 4 rings (SSSR count). The number of para-hydroxylation sites is 1. The predicted molar refractivity (Wildman–Crippen MR) is 99.9 cm³/mol. The Hall–Kier alpha value is -2.04. The maximum Gasteiger partial charge on any atom is 0.0540 e. The van der Waals surface area contributed by atoms with E-state index in [0.717, 1.165) is 49.5 Å². The fourth-order valence-electron chi connectivity index (χ4n) is 3.50. The second-order valence-corrected chi connectivity index (χ2v) is 6.89. The number of hydrogen-bond acceptors (Lipinski definition) is 4. The molecule has 4 nitrogen and oxygen atoms in total. The standard InChI is InChI=1S/C20H26N4/c1-2-4-18(5-3-1)22-23-19-10-6-16(7-11-19)15-24-13-12-21-14-20(24)17-8-9-17/h1-7,10-11,17,20-23H,8-9,12-15H2. The first-order valence-corrected chi connectivity index (χ1v) is 8.99. The maximum absolute atomic E-state index is 3.55. The van der Waals surface area contributed by atoms with E-state index in [4.69, 9.17) is 0 Å². The fraction of sp³-hybridized carbons (Fsp3) is 0.400. The summed E-state index contributed by atoms with van der Waals surface area (Å²) in [5.41, 5.74) is 10.0. The van der Waals surface area contributed by atoms with Crippen LogP contribution in [0.3, 0.4) is 0 Å². The zero-order valence-electron chi connectivity index (χ0n) is 14.0. The van der Waals surface area contributed by atoms with Gasteiger partial charge in [0.25, 0.3) is 0 Å². The van der Waals surface area contributed by atoms with Gasteiger partial charge in [0.1, 0.15) is 0 Å². The Bertz CT molecular complexity index is 636. The molecule has 126 valence electrons. The first-order chi connectivity index (χ1) is 11.9. The first kappa shape index (κ1) is 15.5. The van der Waals surface area contributed by atoms with Crippen molar-refractivity contribution in [3.8, 4) is 0 Å². The molecular weight excluding hydrogens is 296 g/mol. The van der Waals surface area contributed by atoms with Crippen LogP contribution in [-0.4, -0.2) is 30.6 Å². The van der Waals surface area contributed by atoms with Crippen molar-refractivity contribution in [1.82, 2.24) is 10.2 Å². The van der Waals surface area contributed by atoms with E-state index in [1.54, 1.807) is 0 Å². The third kappa shape index (κ3) is 3.89. The summed E-state index contributed by atoms with van der Waals surface area (Å²) >= 11 is 0. The van der Waals surface area contributed by atoms with Crippen LogP contribution in [0.1, 0.15) is 18.4 Å². The molecule has 1 aliphatic heterocycles. The lowest BCUT2D eigenvalue weighted by atomic mass is 10.1. The highest BCUT2D eigenvalue weighted by molar-refractivity contribution is 5.52. The summed E-state index contributed by atoms with van der Waals surface area (Å²) in [6.45, 7) is 4.50. The molecule has 1 aliphatic carbocycles. The highest BCUT2D eigenvalue weighted by Crippen LogP contribution is 2.36. The van der Waals surface area contributed by atoms with Gasteiger partial charge in [0.2, 0.25) is 0 Å². The van der Waals surface area contributed by atoms with E-state index in [-0.39, 0.29) is 0 Å². The van der Waals surface area contributed by atoms with Crippen molar-refractivity contribution in [2.24, 2.45) is 5.92 Å². The summed E-state index contributed by atoms with van der Waals surface area (Å²) in [5, 5.41) is 3.55. The molecule has 1 atom stereocenters. The highest BCUT2D eigenvalue weighted by atomic mass is 15.4. The molecule has 1 heterocycles. The van der Waals surface area contributed by atoms with Gasteiger partial charge in [-0.25, -0.2) is 0 Å². The second-order valence-electron chi connectivity index (χ2n) is 6.89. The van der Waals surface area contributed by atoms with Crippen LogP contribution in [0.15, 0.2) is 54.6 Å². The molecule has 2 aromatic carbocycles. The number of nitrogens with one attached hydrogen (secondary N) is 3. The third-order valence-electron chi connectivity index (χ3n) is 5.03. The number of hydrogen-bond donors (Lipinski definition) is 3. The Balaban J connectivity index is 1.33. The summed E-state index contributed by atoms with van der Waals surface area (Å²) in [6, 6.07) is 19.7. The van der Waals surface area contributed by atoms with Crippen LogP contribution in [-0.2, 0) is 6.54 Å². The zero-order valence-corrected chi connectivity index (χ0v) is 14.0. The molecule has 1 unspecified atom stereocenters. The molecule has 24 heavy (non-hydrogen) atoms. The SMILES string of the molecule is c1ccc(NNc2ccc(CN3CCNCC3C3CC3)cc2)cc1. The molecule has 3 N–H and O–H groups in total. The minimum atomic E-state index is 0.733. The monoisotopic (exact) mass is 322 g/mol. The molecule has 0 aromatic heterocycles. The van der Waals surface area contributed by atoms with Crippen molar-refractivity contribution in [3.63, 3.8) is 0 Å². The lowest BCUT2D eigenvalue weighted by molar-refractivity contribution is 0.135. The number of nitrogens with zero attached hydrogens (tertiary/aromatic N) is 1. The van der Waals surface area contributed by atoms with E-state index in [0.29, 0.717) is 0 Å². The van der Waals surface area contributed by atoms with Crippen molar-refractivity contribution in [3.05, 3.63) is 60.2 Å². The summed E-state index contributed by atoms with van der Waals surface area (Å²) in [5.74, 6) is 0.925. The van der Waals surface area contributed by atoms with E-state index in [1.165, 1.54) is 18.4 Å². The maximum atomic E-state index is 3.55. The van der Waals surface area contributed by atoms with Gasteiger partial charge in [-0.3, -0.25) is 4.90 Å². The van der Waals surface area contributed by atoms with Crippen molar-refractivity contribution < 1.29 is 0 Å². The third-order valence-corrected chi connectivity index (χ3v) is 5.03. The topological polar surface area (TPSA) is 39.3 Å². The molecule has 0 radical (unpaired) electrons. The minimum Gasteiger partial charge on any atom is -0.314 e. The van der Waals surface area contributed by atoms with Crippen LogP contribution in [0.4, 0.5) is 11.4 Å². The Labute approximate surface area is 144 Å². The molecule has 1 saturated carbocycles. The van der Waals surface area contributed by atoms with Crippen LogP contribution < -0.4 is 16.2 Å². The van der Waals surface area contributed by atoms with Gasteiger partial charge in [0, 0.05) is 32.2 Å². The molecule has 4 heteroatoms. The van der Waals surface area contributed by atoms with Crippen LogP contribution in [0, 0.1) is 5.92 Å². The highest BCUT2D eigenvalue weighted by Gasteiger charge is 2.36. The Morgan fingerprint density at radius 1 is 0.917 bits per heavy atom. The minimum absolute atomic E-state index is 0.733. The van der Waals surface area contributed by atoms with Gasteiger partial charge in [-0.1, -0.05) is 30.3 Å². The quantitative estimate of drug-likeness (QED) is 0.714. The van der Waals surface area contributed by atoms with E-state index < -0.39 is 0 Å². The Morgan fingerprint density at radius 3 is 2.33 bits per heavy atom. The molecule has 2 aromatic rings. The first-order valence-electron chi connectivity index (χ1n) is 8.99. The average molecular weight is 322 g/mol. The normalized spacial score (nSPS) is 21.4. The summed E-state index contributed by atoms with van der Waals surface area (Å²) < 4.78 is 0. The largest absolute Gasteiger partial charge is 0.314 e. The van der Waals surface area contributed by atoms with Crippen LogP contribution in [0.25, 0.3) is 0 Å². The van der Waals surface area contributed by atoms with Gasteiger partial charge in [-0.15, -0.1) is 0 Å². The van der Waals surface area contributed by atoms with Crippen molar-refractivity contribution in [1.29, 1.82) is 0 Å². The fourth-order valence-corrected chi connectivity index (χ4v) is 3.50. The number of anilines is 2. The van der Waals surface area contributed by atoms with E-state index >= 15 is 0 Å². The molecule has 0 spiro atoms. The van der Waals surface area contributed by atoms with E-state index in [9.17, 15) is 0 Å². The molecular formula is C20H26N4. The number of hydrazine groups is 1. The second kappa shape index (κ2) is 7.24. The van der Waals surface area contributed by atoms with Gasteiger partial charge >= 0.3 is 0 Å². The molecule has 1 saturated heterocycles. The van der Waals surface area contributed by atoms with Gasteiger partial charge < -0.3 is 16.2 Å². The van der Waals surface area contributed by atoms with Crippen LogP contribution in [0.2, 0.25) is 0 Å². The lowest BCUT2D eigenvalue weighted by Crippen LogP contribution is -2.51. The van der Waals surface area contributed by atoms with Gasteiger partial charge in [-0.2, -0.15) is 0 Å². The summed E-state index contributed by atoms with van der Waals surface area (Å²) in [7, 11) is 0. The van der Waals surface area contributed by atoms with E-state index in [1.807, 2.05) is 30.3 Å². The molecule has 0 amide bonds. The summed E-state index contributed by atoms with van der Waals surface area (Å²) in [6.07, 6.45) is 2.83. The van der Waals surface area contributed by atoms with Gasteiger partial charge in [0.15, 0.2) is 0 Å². The smallest absolute Gasteiger partial charge is 0.0540 e. The van der Waals surface area contributed by atoms with Gasteiger partial charge in [-0.05, 0) is 48.6 Å². The number of piperazine rings is 1. The molecule has 0 bridgehead atoms. The van der Waals surface area contributed by atoms with Crippen LogP contribution in [0.5, 0.6) is 0 Å². The van der Waals surface area contributed by atoms with Crippen molar-refractivity contribution >= 4 is 11.4 Å². The Morgan fingerprint density at radius 2 is 1.62 bits per heavy atom. The van der Waals surface area contributed by atoms with E-state index in [2.05, 4.69) is 45.3 Å². The van der Waals surface area contributed by atoms with Crippen molar-refractivity contribution in [2.75, 3.05) is 30.5 Å². The van der Waals surface area contributed by atoms with Crippen LogP contribution >= 0.6 is 0 Å².